The summed E-state index contributed by atoms with van der Waals surface area (Å²) in [7, 11) is 0. The minimum Gasteiger partial charge on any atom is -0.486 e. The monoisotopic (exact) mass is 312 g/mol. The number of nitrogens with one attached hydrogen (secondary N) is 2. The molecule has 1 aromatic carbocycles. The molecule has 1 aromatic rings. The van der Waals surface area contributed by atoms with Crippen LogP contribution in [0.2, 0.25) is 0 Å². The Kier molecular flexibility index (Phi) is 5.70. The predicted octanol–water partition coefficient (Wildman–Crippen LogP) is 1.75. The topological polar surface area (TPSA) is 59.6 Å². The lowest BCUT2D eigenvalue weighted by molar-refractivity contribution is 0.0946. The lowest BCUT2D eigenvalue weighted by Gasteiger charge is -2.23. The van der Waals surface area contributed by atoms with E-state index in [0.717, 1.165) is 13.0 Å². The molecular weight excluding hydrogens is 292 g/mol. The van der Waals surface area contributed by atoms with E-state index in [0.29, 0.717) is 42.9 Å². The van der Waals surface area contributed by atoms with Gasteiger partial charge in [0.1, 0.15) is 13.2 Å². The first-order valence-electron chi connectivity index (χ1n) is 7.24. The number of carbonyl (C=O) groups is 1. The second kappa shape index (κ2) is 7.52. The van der Waals surface area contributed by atoms with Crippen LogP contribution in [0.3, 0.4) is 0 Å². The highest BCUT2D eigenvalue weighted by Crippen LogP contribution is 2.30. The van der Waals surface area contributed by atoms with Crippen molar-refractivity contribution in [1.82, 2.24) is 10.6 Å². The zero-order valence-electron chi connectivity index (χ0n) is 11.9. The first-order valence-corrected chi connectivity index (χ1v) is 7.24. The molecule has 5 nitrogen and oxygen atoms in total. The normalized spacial score (nSPS) is 20.3. The molecule has 0 aromatic heterocycles. The number of rotatable bonds is 3. The summed E-state index contributed by atoms with van der Waals surface area (Å²) in [6.45, 7) is 2.81. The number of hydrogen-bond donors (Lipinski definition) is 2. The van der Waals surface area contributed by atoms with Gasteiger partial charge in [-0.2, -0.15) is 0 Å². The van der Waals surface area contributed by atoms with E-state index in [4.69, 9.17) is 9.47 Å². The summed E-state index contributed by atoms with van der Waals surface area (Å²) in [5.41, 5.74) is 0.616. The molecular formula is C15H21ClN2O3. The van der Waals surface area contributed by atoms with E-state index in [-0.39, 0.29) is 18.3 Å². The van der Waals surface area contributed by atoms with Gasteiger partial charge in [0, 0.05) is 18.2 Å². The van der Waals surface area contributed by atoms with Crippen LogP contribution in [0, 0.1) is 0 Å². The minimum atomic E-state index is -0.0608. The van der Waals surface area contributed by atoms with Crippen molar-refractivity contribution in [2.24, 2.45) is 0 Å². The predicted molar refractivity (Wildman–Crippen MR) is 82.7 cm³/mol. The van der Waals surface area contributed by atoms with Gasteiger partial charge in [-0.25, -0.2) is 0 Å². The SMILES string of the molecule is Cl.O=C(NCC1CCCCN1)c1ccc2c(c1)OCCO2. The Labute approximate surface area is 130 Å². The fraction of sp³-hybridized carbons (Fsp3) is 0.533. The molecule has 1 saturated heterocycles. The van der Waals surface area contributed by atoms with Crippen molar-refractivity contribution in [1.29, 1.82) is 0 Å². The zero-order chi connectivity index (χ0) is 13.8. The highest BCUT2D eigenvalue weighted by molar-refractivity contribution is 5.94. The molecule has 0 radical (unpaired) electrons. The largest absolute Gasteiger partial charge is 0.486 e. The lowest BCUT2D eigenvalue weighted by atomic mass is 10.0. The number of hydrogen-bond acceptors (Lipinski definition) is 4. The number of amides is 1. The van der Waals surface area contributed by atoms with Crippen molar-refractivity contribution in [2.75, 3.05) is 26.3 Å². The van der Waals surface area contributed by atoms with Crippen LogP contribution in [0.25, 0.3) is 0 Å². The van der Waals surface area contributed by atoms with Crippen LogP contribution in [-0.2, 0) is 0 Å². The third-order valence-corrected chi connectivity index (χ3v) is 3.73. The summed E-state index contributed by atoms with van der Waals surface area (Å²) >= 11 is 0. The Morgan fingerprint density at radius 2 is 2.05 bits per heavy atom. The van der Waals surface area contributed by atoms with Crippen LogP contribution in [0.4, 0.5) is 0 Å². The van der Waals surface area contributed by atoms with Crippen LogP contribution in [0.15, 0.2) is 18.2 Å². The van der Waals surface area contributed by atoms with Gasteiger partial charge in [-0.1, -0.05) is 6.42 Å². The second-order valence-electron chi connectivity index (χ2n) is 5.22. The smallest absolute Gasteiger partial charge is 0.251 e. The Hall–Kier alpha value is -1.46. The van der Waals surface area contributed by atoms with Crippen LogP contribution < -0.4 is 20.1 Å². The highest BCUT2D eigenvalue weighted by Gasteiger charge is 2.17. The van der Waals surface area contributed by atoms with E-state index in [9.17, 15) is 4.79 Å². The average molecular weight is 313 g/mol. The van der Waals surface area contributed by atoms with Crippen molar-refractivity contribution >= 4 is 18.3 Å². The van der Waals surface area contributed by atoms with E-state index in [2.05, 4.69) is 10.6 Å². The highest BCUT2D eigenvalue weighted by atomic mass is 35.5. The first-order chi connectivity index (χ1) is 9.83. The molecule has 0 saturated carbocycles. The average Bonchev–Trinajstić information content (AvgIpc) is 2.53. The molecule has 116 valence electrons. The maximum atomic E-state index is 12.1. The van der Waals surface area contributed by atoms with Gasteiger partial charge in [-0.15, -0.1) is 12.4 Å². The maximum absolute atomic E-state index is 12.1. The molecule has 2 heterocycles. The molecule has 0 bridgehead atoms. The summed E-state index contributed by atoms with van der Waals surface area (Å²) in [5.74, 6) is 1.30. The second-order valence-corrected chi connectivity index (χ2v) is 5.22. The summed E-state index contributed by atoms with van der Waals surface area (Å²) in [5, 5.41) is 6.39. The standard InChI is InChI=1S/C15H20N2O3.ClH/c18-15(17-10-12-3-1-2-6-16-12)11-4-5-13-14(9-11)20-8-7-19-13;/h4-5,9,12,16H,1-3,6-8,10H2,(H,17,18);1H. The van der Waals surface area contributed by atoms with Gasteiger partial charge in [0.25, 0.3) is 5.91 Å². The van der Waals surface area contributed by atoms with Crippen molar-refractivity contribution in [2.45, 2.75) is 25.3 Å². The molecule has 1 unspecified atom stereocenters. The van der Waals surface area contributed by atoms with E-state index < -0.39 is 0 Å². The molecule has 2 aliphatic rings. The van der Waals surface area contributed by atoms with Crippen molar-refractivity contribution in [3.05, 3.63) is 23.8 Å². The van der Waals surface area contributed by atoms with E-state index in [1.54, 1.807) is 18.2 Å². The number of carbonyl (C=O) groups excluding carboxylic acids is 1. The van der Waals surface area contributed by atoms with Crippen molar-refractivity contribution < 1.29 is 14.3 Å². The summed E-state index contributed by atoms with van der Waals surface area (Å²) in [6.07, 6.45) is 3.59. The Balaban J connectivity index is 0.00000161. The van der Waals surface area contributed by atoms with Gasteiger partial charge in [0.05, 0.1) is 0 Å². The van der Waals surface area contributed by atoms with Gasteiger partial charge in [0.15, 0.2) is 11.5 Å². The minimum absolute atomic E-state index is 0. The van der Waals surface area contributed by atoms with Crippen LogP contribution >= 0.6 is 12.4 Å². The Bertz CT molecular complexity index is 490. The molecule has 1 amide bonds. The molecule has 21 heavy (non-hydrogen) atoms. The van der Waals surface area contributed by atoms with Gasteiger partial charge in [-0.3, -0.25) is 4.79 Å². The number of ether oxygens (including phenoxy) is 2. The number of halogens is 1. The third-order valence-electron chi connectivity index (χ3n) is 3.73. The quantitative estimate of drug-likeness (QED) is 0.893. The molecule has 6 heteroatoms. The van der Waals surface area contributed by atoms with Crippen molar-refractivity contribution in [3.63, 3.8) is 0 Å². The van der Waals surface area contributed by atoms with Gasteiger partial charge < -0.3 is 20.1 Å². The first kappa shape index (κ1) is 15.9. The summed E-state index contributed by atoms with van der Waals surface area (Å²) in [4.78, 5) is 12.1. The number of fused-ring (bicyclic) bond motifs is 1. The third kappa shape index (κ3) is 4.02. The molecule has 3 rings (SSSR count). The van der Waals surface area contributed by atoms with Gasteiger partial charge >= 0.3 is 0 Å². The number of piperidine rings is 1. The Morgan fingerprint density at radius 1 is 1.24 bits per heavy atom. The van der Waals surface area contributed by atoms with Crippen molar-refractivity contribution in [3.8, 4) is 11.5 Å². The van der Waals surface area contributed by atoms with Crippen LogP contribution in [-0.4, -0.2) is 38.3 Å². The zero-order valence-corrected chi connectivity index (χ0v) is 12.7. The maximum Gasteiger partial charge on any atom is 0.251 e. The van der Waals surface area contributed by atoms with Crippen LogP contribution in [0.5, 0.6) is 11.5 Å². The van der Waals surface area contributed by atoms with Gasteiger partial charge in [-0.05, 0) is 37.6 Å². The molecule has 2 aliphatic heterocycles. The fourth-order valence-electron chi connectivity index (χ4n) is 2.60. The van der Waals surface area contributed by atoms with Gasteiger partial charge in [0.2, 0.25) is 0 Å². The lowest BCUT2D eigenvalue weighted by Crippen LogP contribution is -2.43. The molecule has 0 aliphatic carbocycles. The van der Waals surface area contributed by atoms with Crippen LogP contribution in [0.1, 0.15) is 29.6 Å². The van der Waals surface area contributed by atoms with E-state index >= 15 is 0 Å². The Morgan fingerprint density at radius 3 is 2.81 bits per heavy atom. The number of benzene rings is 1. The molecule has 0 spiro atoms. The molecule has 2 N–H and O–H groups in total. The molecule has 1 fully saturated rings. The summed E-state index contributed by atoms with van der Waals surface area (Å²) < 4.78 is 10.9. The van der Waals surface area contributed by atoms with E-state index in [1.165, 1.54) is 12.8 Å². The van der Waals surface area contributed by atoms with E-state index in [1.807, 2.05) is 0 Å². The summed E-state index contributed by atoms with van der Waals surface area (Å²) in [6, 6.07) is 5.71. The molecule has 1 atom stereocenters. The fourth-order valence-corrected chi connectivity index (χ4v) is 2.60.